The largest absolute Gasteiger partial charge is 0.431 e. The van der Waals surface area contributed by atoms with Crippen molar-refractivity contribution in [3.8, 4) is 0 Å². The van der Waals surface area contributed by atoms with Gasteiger partial charge in [0.25, 0.3) is 5.22 Å². The Balaban J connectivity index is 1.51. The average molecular weight is 368 g/mol. The van der Waals surface area contributed by atoms with E-state index >= 15 is 0 Å². The predicted molar refractivity (Wildman–Crippen MR) is 92.2 cm³/mol. The highest BCUT2D eigenvalue weighted by Gasteiger charge is 2.09. The summed E-state index contributed by atoms with van der Waals surface area (Å²) in [6.07, 6.45) is 1.80. The molecule has 0 saturated carbocycles. The molecule has 3 aromatic rings. The number of hydrogen-bond donors (Lipinski definition) is 1. The zero-order chi connectivity index (χ0) is 16.2. The van der Waals surface area contributed by atoms with E-state index in [0.717, 1.165) is 0 Å². The molecule has 0 bridgehead atoms. The molecule has 0 atom stereocenters. The highest BCUT2D eigenvalue weighted by Crippen LogP contribution is 2.25. The molecule has 0 radical (unpaired) electrons. The van der Waals surface area contributed by atoms with Crippen LogP contribution in [0.2, 0.25) is 10.0 Å². The summed E-state index contributed by atoms with van der Waals surface area (Å²) in [5.41, 5.74) is 1.38. The lowest BCUT2D eigenvalue weighted by Crippen LogP contribution is -2.13. The molecule has 1 N–H and O–H groups in total. The Morgan fingerprint density at radius 3 is 2.83 bits per heavy atom. The number of hydrogen-bond acceptors (Lipinski definition) is 5. The molecule has 8 heteroatoms. The standard InChI is InChI=1S/C15H11Cl2N3O2S/c16-9-1-3-12-11(7-9)19-15(22-12)23-6-5-14(21)20-13-4-2-10(17)8-18-13/h1-4,7-8H,5-6H2,(H,18,20,21). The van der Waals surface area contributed by atoms with Gasteiger partial charge in [-0.1, -0.05) is 35.0 Å². The minimum absolute atomic E-state index is 0.133. The minimum Gasteiger partial charge on any atom is -0.431 e. The highest BCUT2D eigenvalue weighted by atomic mass is 35.5. The Bertz CT molecular complexity index is 836. The Morgan fingerprint density at radius 1 is 1.22 bits per heavy atom. The number of fused-ring (bicyclic) bond motifs is 1. The van der Waals surface area contributed by atoms with Gasteiger partial charge in [-0.05, 0) is 30.3 Å². The Morgan fingerprint density at radius 2 is 2.04 bits per heavy atom. The molecule has 2 aromatic heterocycles. The summed E-state index contributed by atoms with van der Waals surface area (Å²) < 4.78 is 5.57. The Kier molecular flexibility index (Phi) is 5.05. The summed E-state index contributed by atoms with van der Waals surface area (Å²) >= 11 is 13.0. The molecule has 0 unspecified atom stereocenters. The molecular weight excluding hydrogens is 357 g/mol. The van der Waals surface area contributed by atoms with Crippen molar-refractivity contribution in [2.45, 2.75) is 11.6 Å². The molecular formula is C15H11Cl2N3O2S. The molecule has 3 rings (SSSR count). The molecule has 1 amide bonds. The number of halogens is 2. The number of thioether (sulfide) groups is 1. The van der Waals surface area contributed by atoms with Gasteiger partial charge >= 0.3 is 0 Å². The van der Waals surface area contributed by atoms with Crippen molar-refractivity contribution in [2.75, 3.05) is 11.1 Å². The van der Waals surface area contributed by atoms with E-state index in [9.17, 15) is 4.79 Å². The molecule has 0 fully saturated rings. The monoisotopic (exact) mass is 367 g/mol. The minimum atomic E-state index is -0.133. The molecule has 5 nitrogen and oxygen atoms in total. The number of anilines is 1. The second kappa shape index (κ2) is 7.21. The fourth-order valence-electron chi connectivity index (χ4n) is 1.83. The maximum absolute atomic E-state index is 11.8. The third-order valence-electron chi connectivity index (χ3n) is 2.88. The first-order chi connectivity index (χ1) is 11.1. The normalized spacial score (nSPS) is 10.9. The smallest absolute Gasteiger partial charge is 0.256 e. The fraction of sp³-hybridized carbons (Fsp3) is 0.133. The van der Waals surface area contributed by atoms with Crippen LogP contribution in [-0.2, 0) is 4.79 Å². The van der Waals surface area contributed by atoms with Crippen molar-refractivity contribution >= 4 is 57.8 Å². The van der Waals surface area contributed by atoms with Crippen LogP contribution in [0.25, 0.3) is 11.1 Å². The average Bonchev–Trinajstić information content (AvgIpc) is 2.91. The lowest BCUT2D eigenvalue weighted by Gasteiger charge is -2.03. The zero-order valence-electron chi connectivity index (χ0n) is 11.8. The van der Waals surface area contributed by atoms with Crippen molar-refractivity contribution in [1.29, 1.82) is 0 Å². The number of aromatic nitrogens is 2. The van der Waals surface area contributed by atoms with Crippen LogP contribution in [-0.4, -0.2) is 21.6 Å². The summed E-state index contributed by atoms with van der Waals surface area (Å²) in [6.45, 7) is 0. The van der Waals surface area contributed by atoms with Crippen LogP contribution in [0, 0.1) is 0 Å². The Labute approximate surface area is 146 Å². The third-order valence-corrected chi connectivity index (χ3v) is 4.17. The first-order valence-corrected chi connectivity index (χ1v) is 8.44. The number of benzene rings is 1. The van der Waals surface area contributed by atoms with Gasteiger partial charge in [0, 0.05) is 23.4 Å². The maximum atomic E-state index is 11.8. The zero-order valence-corrected chi connectivity index (χ0v) is 14.1. The number of carbonyl (C=O) groups excluding carboxylic acids is 1. The summed E-state index contributed by atoms with van der Waals surface area (Å²) in [6, 6.07) is 8.58. The number of oxazole rings is 1. The molecule has 0 aliphatic rings. The van der Waals surface area contributed by atoms with Crippen molar-refractivity contribution in [3.05, 3.63) is 46.6 Å². The number of nitrogens with one attached hydrogen (secondary N) is 1. The molecule has 0 spiro atoms. The van der Waals surface area contributed by atoms with Crippen LogP contribution in [0.3, 0.4) is 0 Å². The van der Waals surface area contributed by atoms with Gasteiger partial charge in [-0.25, -0.2) is 9.97 Å². The first kappa shape index (κ1) is 16.1. The van der Waals surface area contributed by atoms with Gasteiger partial charge < -0.3 is 9.73 Å². The number of nitrogens with zero attached hydrogens (tertiary/aromatic N) is 2. The molecule has 1 aromatic carbocycles. The van der Waals surface area contributed by atoms with E-state index in [1.165, 1.54) is 18.0 Å². The quantitative estimate of drug-likeness (QED) is 0.664. The van der Waals surface area contributed by atoms with E-state index in [1.807, 2.05) is 0 Å². The van der Waals surface area contributed by atoms with Gasteiger partial charge in [-0.15, -0.1) is 0 Å². The molecule has 2 heterocycles. The highest BCUT2D eigenvalue weighted by molar-refractivity contribution is 7.99. The van der Waals surface area contributed by atoms with Crippen molar-refractivity contribution < 1.29 is 9.21 Å². The van der Waals surface area contributed by atoms with Gasteiger partial charge in [0.05, 0.1) is 5.02 Å². The van der Waals surface area contributed by atoms with Crippen molar-refractivity contribution in [1.82, 2.24) is 9.97 Å². The van der Waals surface area contributed by atoms with Gasteiger partial charge in [0.2, 0.25) is 5.91 Å². The molecule has 118 valence electrons. The van der Waals surface area contributed by atoms with Crippen LogP contribution in [0.1, 0.15) is 6.42 Å². The third kappa shape index (κ3) is 4.37. The van der Waals surface area contributed by atoms with Gasteiger partial charge in [-0.3, -0.25) is 4.79 Å². The topological polar surface area (TPSA) is 68.0 Å². The van der Waals surface area contributed by atoms with Crippen LogP contribution in [0.15, 0.2) is 46.2 Å². The number of carbonyl (C=O) groups is 1. The van der Waals surface area contributed by atoms with Crippen molar-refractivity contribution in [3.63, 3.8) is 0 Å². The predicted octanol–water partition coefficient (Wildman–Crippen LogP) is 4.65. The second-order valence-corrected chi connectivity index (χ2v) is 6.52. The lowest BCUT2D eigenvalue weighted by atomic mass is 10.3. The van der Waals surface area contributed by atoms with Crippen LogP contribution in [0.5, 0.6) is 0 Å². The maximum Gasteiger partial charge on any atom is 0.256 e. The van der Waals surface area contributed by atoms with E-state index in [2.05, 4.69) is 15.3 Å². The van der Waals surface area contributed by atoms with E-state index in [1.54, 1.807) is 30.3 Å². The van der Waals surface area contributed by atoms with E-state index < -0.39 is 0 Å². The van der Waals surface area contributed by atoms with Crippen LogP contribution >= 0.6 is 35.0 Å². The van der Waals surface area contributed by atoms with E-state index in [-0.39, 0.29) is 5.91 Å². The summed E-state index contributed by atoms with van der Waals surface area (Å²) in [7, 11) is 0. The Hall–Kier alpha value is -1.76. The molecule has 0 saturated heterocycles. The summed E-state index contributed by atoms with van der Waals surface area (Å²) in [5.74, 6) is 0.882. The second-order valence-electron chi connectivity index (χ2n) is 4.60. The van der Waals surface area contributed by atoms with E-state index in [0.29, 0.717) is 44.4 Å². The molecule has 0 aliphatic heterocycles. The van der Waals surface area contributed by atoms with E-state index in [4.69, 9.17) is 27.6 Å². The van der Waals surface area contributed by atoms with Gasteiger partial charge in [0.15, 0.2) is 5.58 Å². The number of pyridine rings is 1. The molecule has 23 heavy (non-hydrogen) atoms. The van der Waals surface area contributed by atoms with Crippen LogP contribution < -0.4 is 5.32 Å². The SMILES string of the molecule is O=C(CCSc1nc2cc(Cl)ccc2o1)Nc1ccc(Cl)cn1. The summed E-state index contributed by atoms with van der Waals surface area (Å²) in [4.78, 5) is 20.2. The fourth-order valence-corrected chi connectivity index (χ4v) is 2.88. The van der Waals surface area contributed by atoms with Crippen LogP contribution in [0.4, 0.5) is 5.82 Å². The van der Waals surface area contributed by atoms with Crippen molar-refractivity contribution in [2.24, 2.45) is 0 Å². The first-order valence-electron chi connectivity index (χ1n) is 6.70. The van der Waals surface area contributed by atoms with Gasteiger partial charge in [-0.2, -0.15) is 0 Å². The number of rotatable bonds is 5. The number of amides is 1. The lowest BCUT2D eigenvalue weighted by molar-refractivity contribution is -0.115. The summed E-state index contributed by atoms with van der Waals surface area (Å²) in [5, 5.41) is 4.34. The molecule has 0 aliphatic carbocycles. The van der Waals surface area contributed by atoms with Gasteiger partial charge in [0.1, 0.15) is 11.3 Å².